The Labute approximate surface area is 201 Å². The third-order valence-corrected chi connectivity index (χ3v) is 8.78. The van der Waals surface area contributed by atoms with Gasteiger partial charge >= 0.3 is 0 Å². The number of aromatic nitrogens is 3. The van der Waals surface area contributed by atoms with E-state index >= 15 is 0 Å². The highest BCUT2D eigenvalue weighted by Gasteiger charge is 2.32. The Kier molecular flexibility index (Phi) is 6.80. The molecule has 0 aliphatic carbocycles. The Morgan fingerprint density at radius 2 is 1.71 bits per heavy atom. The minimum Gasteiger partial charge on any atom is -0.379 e. The van der Waals surface area contributed by atoms with Crippen LogP contribution in [0.1, 0.15) is 51.7 Å². The molecule has 3 heterocycles. The third-order valence-electron chi connectivity index (χ3n) is 6.63. The van der Waals surface area contributed by atoms with Crippen molar-refractivity contribution in [1.29, 1.82) is 0 Å². The number of ketones is 1. The van der Waals surface area contributed by atoms with Gasteiger partial charge < -0.3 is 9.30 Å². The van der Waals surface area contributed by atoms with Crippen LogP contribution in [0.2, 0.25) is 0 Å². The second-order valence-electron chi connectivity index (χ2n) is 8.84. The minimum atomic E-state index is -3.70. The average Bonchev–Trinajstić information content (AvgIpc) is 3.28. The number of aryl methyl sites for hydroxylation is 2. The molecule has 9 heteroatoms. The molecule has 0 N–H and O–H groups in total. The van der Waals surface area contributed by atoms with E-state index in [1.54, 1.807) is 13.8 Å². The van der Waals surface area contributed by atoms with Gasteiger partial charge in [0, 0.05) is 30.0 Å². The zero-order valence-corrected chi connectivity index (χ0v) is 21.2. The van der Waals surface area contributed by atoms with Gasteiger partial charge in [0.15, 0.2) is 5.78 Å². The van der Waals surface area contributed by atoms with Gasteiger partial charge in [-0.15, -0.1) is 0 Å². The zero-order chi connectivity index (χ0) is 24.6. The molecule has 1 aliphatic heterocycles. The lowest BCUT2D eigenvalue weighted by Crippen LogP contribution is -2.41. The van der Waals surface area contributed by atoms with Gasteiger partial charge in [-0.3, -0.25) is 9.48 Å². The van der Waals surface area contributed by atoms with Crippen molar-refractivity contribution in [2.45, 2.75) is 52.1 Å². The largest absolute Gasteiger partial charge is 0.379 e. The zero-order valence-electron chi connectivity index (χ0n) is 20.4. The van der Waals surface area contributed by atoms with E-state index in [0.717, 1.165) is 11.4 Å². The van der Waals surface area contributed by atoms with Crippen molar-refractivity contribution < 1.29 is 17.9 Å². The average molecular weight is 485 g/mol. The first kappa shape index (κ1) is 24.4. The highest BCUT2D eigenvalue weighted by Crippen LogP contribution is 2.27. The number of carbonyl (C=O) groups is 1. The van der Waals surface area contributed by atoms with Crippen molar-refractivity contribution in [2.24, 2.45) is 0 Å². The normalized spacial score (nSPS) is 16.0. The van der Waals surface area contributed by atoms with Crippen molar-refractivity contribution in [2.75, 3.05) is 26.3 Å². The number of ether oxygens (including phenoxy) is 1. The Morgan fingerprint density at radius 3 is 2.35 bits per heavy atom. The SMILES string of the molecule is Cc1nn(CC(=O)c2cc(C)n(C(C)c3ccccc3)c2C)c(C)c1S(=O)(=O)N1CCOCC1. The summed E-state index contributed by atoms with van der Waals surface area (Å²) in [5.74, 6) is -0.0967. The van der Waals surface area contributed by atoms with Crippen LogP contribution in [0, 0.1) is 27.7 Å². The van der Waals surface area contributed by atoms with E-state index in [0.29, 0.717) is 43.3 Å². The van der Waals surface area contributed by atoms with Crippen LogP contribution in [0.3, 0.4) is 0 Å². The van der Waals surface area contributed by atoms with E-state index in [1.807, 2.05) is 38.1 Å². The van der Waals surface area contributed by atoms with Crippen LogP contribution in [0.4, 0.5) is 0 Å². The monoisotopic (exact) mass is 484 g/mol. The Balaban J connectivity index is 1.61. The van der Waals surface area contributed by atoms with Crippen LogP contribution in [-0.2, 0) is 21.3 Å². The van der Waals surface area contributed by atoms with Crippen molar-refractivity contribution in [3.63, 3.8) is 0 Å². The van der Waals surface area contributed by atoms with Gasteiger partial charge in [-0.1, -0.05) is 30.3 Å². The number of hydrogen-bond donors (Lipinski definition) is 0. The number of carbonyl (C=O) groups excluding carboxylic acids is 1. The highest BCUT2D eigenvalue weighted by atomic mass is 32.2. The van der Waals surface area contributed by atoms with Crippen LogP contribution >= 0.6 is 0 Å². The second-order valence-corrected chi connectivity index (χ2v) is 10.7. The first-order valence-corrected chi connectivity index (χ1v) is 13.0. The molecule has 0 saturated carbocycles. The molecule has 0 radical (unpaired) electrons. The maximum atomic E-state index is 13.3. The fraction of sp³-hybridized carbons (Fsp3) is 0.440. The molecule has 1 atom stereocenters. The number of morpholine rings is 1. The van der Waals surface area contributed by atoms with E-state index in [1.165, 1.54) is 14.6 Å². The summed E-state index contributed by atoms with van der Waals surface area (Å²) in [4.78, 5) is 13.5. The van der Waals surface area contributed by atoms with E-state index in [-0.39, 0.29) is 23.3 Å². The molecular formula is C25H32N4O4S. The Hall–Kier alpha value is -2.75. The summed E-state index contributed by atoms with van der Waals surface area (Å²) < 4.78 is 36.9. The quantitative estimate of drug-likeness (QED) is 0.480. The number of rotatable bonds is 7. The van der Waals surface area contributed by atoms with Crippen LogP contribution in [0.25, 0.3) is 0 Å². The molecule has 8 nitrogen and oxygen atoms in total. The number of nitrogens with zero attached hydrogens (tertiary/aromatic N) is 4. The van der Waals surface area contributed by atoms with E-state index in [2.05, 4.69) is 28.7 Å². The predicted octanol–water partition coefficient (Wildman–Crippen LogP) is 3.43. The van der Waals surface area contributed by atoms with Gasteiger partial charge in [0.05, 0.1) is 30.6 Å². The van der Waals surface area contributed by atoms with Gasteiger partial charge in [-0.2, -0.15) is 9.40 Å². The van der Waals surface area contributed by atoms with E-state index < -0.39 is 10.0 Å². The van der Waals surface area contributed by atoms with Gasteiger partial charge in [0.25, 0.3) is 0 Å². The van der Waals surface area contributed by atoms with Crippen LogP contribution in [-0.4, -0.2) is 59.2 Å². The topological polar surface area (TPSA) is 86.4 Å². The fourth-order valence-electron chi connectivity index (χ4n) is 4.88. The lowest BCUT2D eigenvalue weighted by molar-refractivity contribution is 0.0730. The summed E-state index contributed by atoms with van der Waals surface area (Å²) >= 11 is 0. The highest BCUT2D eigenvalue weighted by molar-refractivity contribution is 7.89. The second kappa shape index (κ2) is 9.48. The standard InChI is InChI=1S/C25H32N4O4S/c1-17-15-23(20(4)29(17)19(3)22-9-7-6-8-10-22)24(30)16-28-21(5)25(18(2)26-28)34(31,32)27-11-13-33-14-12-27/h6-10,15,19H,11-14,16H2,1-5H3. The van der Waals surface area contributed by atoms with E-state index in [9.17, 15) is 13.2 Å². The summed E-state index contributed by atoms with van der Waals surface area (Å²) in [6.45, 7) is 10.8. The van der Waals surface area contributed by atoms with Crippen molar-refractivity contribution >= 4 is 15.8 Å². The number of hydrogen-bond acceptors (Lipinski definition) is 5. The first-order chi connectivity index (χ1) is 16.1. The van der Waals surface area contributed by atoms with Crippen molar-refractivity contribution in [3.05, 3.63) is 70.3 Å². The summed E-state index contributed by atoms with van der Waals surface area (Å²) in [6, 6.07) is 12.2. The maximum absolute atomic E-state index is 13.3. The lowest BCUT2D eigenvalue weighted by atomic mass is 10.1. The Bertz CT molecular complexity index is 1300. The molecule has 1 aromatic carbocycles. The lowest BCUT2D eigenvalue weighted by Gasteiger charge is -2.26. The predicted molar refractivity (Wildman–Crippen MR) is 130 cm³/mol. The molecule has 34 heavy (non-hydrogen) atoms. The van der Waals surface area contributed by atoms with Gasteiger partial charge in [-0.05, 0) is 46.2 Å². The summed E-state index contributed by atoms with van der Waals surface area (Å²) in [5, 5.41) is 4.43. The van der Waals surface area contributed by atoms with Gasteiger partial charge in [-0.25, -0.2) is 8.42 Å². The molecule has 182 valence electrons. The molecule has 1 saturated heterocycles. The van der Waals surface area contributed by atoms with Crippen molar-refractivity contribution in [1.82, 2.24) is 18.7 Å². The van der Waals surface area contributed by atoms with E-state index in [4.69, 9.17) is 4.74 Å². The summed E-state index contributed by atoms with van der Waals surface area (Å²) in [6.07, 6.45) is 0. The maximum Gasteiger partial charge on any atom is 0.246 e. The molecule has 3 aromatic rings. The number of sulfonamides is 1. The molecule has 1 fully saturated rings. The van der Waals surface area contributed by atoms with Gasteiger partial charge in [0.2, 0.25) is 10.0 Å². The summed E-state index contributed by atoms with van der Waals surface area (Å²) in [5.41, 5.74) is 4.57. The molecular weight excluding hydrogens is 452 g/mol. The fourth-order valence-corrected chi connectivity index (χ4v) is 6.66. The number of benzene rings is 1. The molecule has 0 amide bonds. The van der Waals surface area contributed by atoms with Crippen LogP contribution in [0.5, 0.6) is 0 Å². The third kappa shape index (κ3) is 4.35. The van der Waals surface area contributed by atoms with Crippen LogP contribution in [0.15, 0.2) is 41.3 Å². The molecule has 2 aromatic heterocycles. The summed E-state index contributed by atoms with van der Waals surface area (Å²) in [7, 11) is -3.70. The van der Waals surface area contributed by atoms with Gasteiger partial charge in [0.1, 0.15) is 11.4 Å². The van der Waals surface area contributed by atoms with Crippen LogP contribution < -0.4 is 0 Å². The number of Topliss-reactive ketones (excluding diaryl/α,β-unsaturated/α-hetero) is 1. The molecule has 4 rings (SSSR count). The first-order valence-electron chi connectivity index (χ1n) is 11.5. The molecule has 0 bridgehead atoms. The molecule has 1 unspecified atom stereocenters. The molecule has 1 aliphatic rings. The molecule has 0 spiro atoms. The van der Waals surface area contributed by atoms with Crippen molar-refractivity contribution in [3.8, 4) is 0 Å². The smallest absolute Gasteiger partial charge is 0.246 e. The minimum absolute atomic E-state index is 0.0185. The Morgan fingerprint density at radius 1 is 1.06 bits per heavy atom.